The molecule has 8 nitrogen and oxygen atoms in total. The fourth-order valence-electron chi connectivity index (χ4n) is 4.72. The smallest absolute Gasteiger partial charge is 0.232 e. The van der Waals surface area contributed by atoms with Gasteiger partial charge in [-0.2, -0.15) is 0 Å². The van der Waals surface area contributed by atoms with Gasteiger partial charge in [-0.25, -0.2) is 14.4 Å². The molecular formula is C23H24ClFN6O2. The molecular weight excluding hydrogens is 447 g/mol. The monoisotopic (exact) mass is 470 g/mol. The molecule has 172 valence electrons. The summed E-state index contributed by atoms with van der Waals surface area (Å²) in [5, 5.41) is 0.251. The van der Waals surface area contributed by atoms with Crippen LogP contribution in [0.2, 0.25) is 5.02 Å². The molecule has 0 aliphatic carbocycles. The van der Waals surface area contributed by atoms with Crippen molar-refractivity contribution in [3.63, 3.8) is 0 Å². The molecule has 2 aliphatic heterocycles. The first-order valence-corrected chi connectivity index (χ1v) is 11.2. The van der Waals surface area contributed by atoms with Crippen LogP contribution in [0.4, 0.5) is 4.39 Å². The van der Waals surface area contributed by atoms with Gasteiger partial charge in [-0.15, -0.1) is 0 Å². The summed E-state index contributed by atoms with van der Waals surface area (Å²) in [6.45, 7) is 4.27. The number of hydrogen-bond acceptors (Lipinski definition) is 6. The van der Waals surface area contributed by atoms with Gasteiger partial charge in [0, 0.05) is 24.4 Å². The van der Waals surface area contributed by atoms with Crippen molar-refractivity contribution >= 4 is 34.5 Å². The van der Waals surface area contributed by atoms with Crippen molar-refractivity contribution in [2.45, 2.75) is 50.8 Å². The summed E-state index contributed by atoms with van der Waals surface area (Å²) in [4.78, 5) is 31.1. The molecule has 0 spiro atoms. The number of fused-ring (bicyclic) bond motifs is 1. The minimum absolute atomic E-state index is 0.0192. The summed E-state index contributed by atoms with van der Waals surface area (Å²) >= 11 is 6.73. The highest BCUT2D eigenvalue weighted by Gasteiger charge is 2.42. The minimum atomic E-state index is -1.11. The van der Waals surface area contributed by atoms with Crippen LogP contribution >= 0.6 is 11.6 Å². The number of guanidine groups is 1. The number of amides is 1. The number of carbonyl (C=O) groups excluding carboxylic acids is 1. The molecule has 10 heteroatoms. The van der Waals surface area contributed by atoms with E-state index < -0.39 is 11.4 Å². The highest BCUT2D eigenvalue weighted by Crippen LogP contribution is 2.42. The van der Waals surface area contributed by atoms with E-state index in [1.165, 1.54) is 6.07 Å². The number of rotatable bonds is 3. The SMILES string of the molecule is C[C@@H]1C[C@H](N2C(=O)C[C@@](C)(c3cc(F)c4nc(-c5ccccn5)[nH]c4c3Cl)N=C2N)CCO1. The Labute approximate surface area is 195 Å². The summed E-state index contributed by atoms with van der Waals surface area (Å²) < 4.78 is 20.7. The molecule has 0 unspecified atom stereocenters. The summed E-state index contributed by atoms with van der Waals surface area (Å²) in [7, 11) is 0. The Morgan fingerprint density at radius 1 is 1.39 bits per heavy atom. The molecule has 2 aliphatic rings. The second kappa shape index (κ2) is 8.07. The van der Waals surface area contributed by atoms with Gasteiger partial charge < -0.3 is 15.5 Å². The van der Waals surface area contributed by atoms with Gasteiger partial charge in [-0.05, 0) is 44.9 Å². The quantitative estimate of drug-likeness (QED) is 0.605. The maximum absolute atomic E-state index is 15.1. The summed E-state index contributed by atoms with van der Waals surface area (Å²) in [6, 6.07) is 6.59. The number of nitrogens with two attached hydrogens (primary N) is 1. The minimum Gasteiger partial charge on any atom is -0.378 e. The molecule has 5 rings (SSSR count). The summed E-state index contributed by atoms with van der Waals surface area (Å²) in [5.74, 6) is -0.218. The predicted molar refractivity (Wildman–Crippen MR) is 123 cm³/mol. The first kappa shape index (κ1) is 21.8. The number of halogens is 2. The van der Waals surface area contributed by atoms with Gasteiger partial charge >= 0.3 is 0 Å². The third kappa shape index (κ3) is 3.75. The van der Waals surface area contributed by atoms with E-state index in [1.807, 2.05) is 13.0 Å². The van der Waals surface area contributed by atoms with E-state index in [0.717, 1.165) is 0 Å². The Kier molecular flexibility index (Phi) is 5.33. The molecule has 0 radical (unpaired) electrons. The van der Waals surface area contributed by atoms with E-state index in [9.17, 15) is 4.79 Å². The maximum atomic E-state index is 15.1. The van der Waals surface area contributed by atoms with E-state index in [-0.39, 0.29) is 41.0 Å². The topological polar surface area (TPSA) is 109 Å². The van der Waals surface area contributed by atoms with Gasteiger partial charge in [-0.3, -0.25) is 14.7 Å². The Hall–Kier alpha value is -3.04. The molecule has 1 fully saturated rings. The van der Waals surface area contributed by atoms with Crippen LogP contribution in [0.25, 0.3) is 22.6 Å². The molecule has 1 amide bonds. The number of H-pyrrole nitrogens is 1. The van der Waals surface area contributed by atoms with Crippen molar-refractivity contribution < 1.29 is 13.9 Å². The van der Waals surface area contributed by atoms with Crippen molar-refractivity contribution in [3.05, 3.63) is 46.9 Å². The lowest BCUT2D eigenvalue weighted by molar-refractivity contribution is -0.133. The second-order valence-corrected chi connectivity index (χ2v) is 9.17. The van der Waals surface area contributed by atoms with Crippen molar-refractivity contribution in [2.75, 3.05) is 6.61 Å². The molecule has 3 aromatic rings. The van der Waals surface area contributed by atoms with Gasteiger partial charge in [0.15, 0.2) is 17.6 Å². The number of nitrogens with zero attached hydrogens (tertiary/aromatic N) is 4. The number of benzene rings is 1. The standard InChI is InChI=1S/C23H24ClFN6O2/c1-12-9-13(6-8-33-12)31-17(32)11-23(2,30-22(31)26)14-10-15(25)19-20(18(14)24)29-21(28-19)16-5-3-4-7-27-16/h3-5,7,10,12-13H,6,8-9,11H2,1-2H3,(H2,26,30)(H,28,29)/t12-,13-,23+/m1/s1. The van der Waals surface area contributed by atoms with Gasteiger partial charge in [0.1, 0.15) is 11.2 Å². The maximum Gasteiger partial charge on any atom is 0.232 e. The van der Waals surface area contributed by atoms with E-state index in [0.29, 0.717) is 42.0 Å². The van der Waals surface area contributed by atoms with Crippen LogP contribution in [0.15, 0.2) is 35.5 Å². The van der Waals surface area contributed by atoms with Crippen molar-refractivity contribution in [1.29, 1.82) is 0 Å². The number of ether oxygens (including phenoxy) is 1. The average Bonchev–Trinajstić information content (AvgIpc) is 3.23. The van der Waals surface area contributed by atoms with Gasteiger partial charge in [0.05, 0.1) is 28.6 Å². The zero-order chi connectivity index (χ0) is 23.3. The first-order chi connectivity index (χ1) is 15.8. The van der Waals surface area contributed by atoms with E-state index >= 15 is 4.39 Å². The summed E-state index contributed by atoms with van der Waals surface area (Å²) in [6.07, 6.45) is 3.06. The Morgan fingerprint density at radius 2 is 2.21 bits per heavy atom. The van der Waals surface area contributed by atoms with Crippen LogP contribution in [0.1, 0.15) is 38.7 Å². The Morgan fingerprint density at radius 3 is 2.91 bits per heavy atom. The Balaban J connectivity index is 1.56. The molecule has 0 bridgehead atoms. The third-order valence-corrected chi connectivity index (χ3v) is 6.73. The van der Waals surface area contributed by atoms with Crippen molar-refractivity contribution in [2.24, 2.45) is 10.7 Å². The molecule has 3 N–H and O–H groups in total. The lowest BCUT2D eigenvalue weighted by atomic mass is 9.86. The van der Waals surface area contributed by atoms with E-state index in [4.69, 9.17) is 22.1 Å². The average molecular weight is 471 g/mol. The van der Waals surface area contributed by atoms with Crippen LogP contribution in [0, 0.1) is 5.82 Å². The number of carbonyl (C=O) groups is 1. The van der Waals surface area contributed by atoms with E-state index in [2.05, 4.69) is 19.9 Å². The number of pyridine rings is 1. The fourth-order valence-corrected chi connectivity index (χ4v) is 5.12. The normalized spacial score (nSPS) is 26.0. The number of aliphatic imine (C=N–C) groups is 1. The molecule has 0 saturated carbocycles. The zero-order valence-electron chi connectivity index (χ0n) is 18.3. The fraction of sp³-hybridized carbons (Fsp3) is 0.391. The van der Waals surface area contributed by atoms with E-state index in [1.54, 1.807) is 30.2 Å². The van der Waals surface area contributed by atoms with Crippen molar-refractivity contribution in [1.82, 2.24) is 19.9 Å². The number of hydrogen-bond donors (Lipinski definition) is 2. The highest BCUT2D eigenvalue weighted by atomic mass is 35.5. The van der Waals surface area contributed by atoms with Crippen LogP contribution in [-0.4, -0.2) is 50.5 Å². The largest absolute Gasteiger partial charge is 0.378 e. The van der Waals surface area contributed by atoms with Crippen LogP contribution in [-0.2, 0) is 15.1 Å². The molecule has 1 aromatic carbocycles. The Bertz CT molecular complexity index is 1260. The second-order valence-electron chi connectivity index (χ2n) is 8.79. The molecule has 33 heavy (non-hydrogen) atoms. The number of nitrogens with one attached hydrogen (secondary N) is 1. The highest BCUT2D eigenvalue weighted by molar-refractivity contribution is 6.36. The predicted octanol–water partition coefficient (Wildman–Crippen LogP) is 3.75. The summed E-state index contributed by atoms with van der Waals surface area (Å²) in [5.41, 5.74) is 6.55. The van der Waals surface area contributed by atoms with Gasteiger partial charge in [0.2, 0.25) is 5.91 Å². The number of imidazole rings is 1. The molecule has 2 aromatic heterocycles. The molecule has 3 atom stereocenters. The lowest BCUT2D eigenvalue weighted by Crippen LogP contribution is -2.56. The molecule has 4 heterocycles. The lowest BCUT2D eigenvalue weighted by Gasteiger charge is -2.41. The van der Waals surface area contributed by atoms with Crippen LogP contribution in [0.5, 0.6) is 0 Å². The van der Waals surface area contributed by atoms with Gasteiger partial charge in [0.25, 0.3) is 0 Å². The van der Waals surface area contributed by atoms with Crippen LogP contribution in [0.3, 0.4) is 0 Å². The van der Waals surface area contributed by atoms with Crippen LogP contribution < -0.4 is 5.73 Å². The zero-order valence-corrected chi connectivity index (χ0v) is 19.1. The van der Waals surface area contributed by atoms with Crippen molar-refractivity contribution in [3.8, 4) is 11.5 Å². The molecule has 1 saturated heterocycles. The first-order valence-electron chi connectivity index (χ1n) is 10.9. The van der Waals surface area contributed by atoms with Gasteiger partial charge in [-0.1, -0.05) is 17.7 Å². The number of aromatic nitrogens is 3. The number of aromatic amines is 1. The third-order valence-electron chi connectivity index (χ3n) is 6.34.